The minimum Gasteiger partial charge on any atom is -0.444 e. The van der Waals surface area contributed by atoms with E-state index in [-0.39, 0.29) is 18.1 Å². The average Bonchev–Trinajstić information content (AvgIpc) is 2.12. The van der Waals surface area contributed by atoms with Gasteiger partial charge in [-0.2, -0.15) is 0 Å². The first kappa shape index (κ1) is 15.2. The lowest BCUT2D eigenvalue weighted by Crippen LogP contribution is -2.60. The van der Waals surface area contributed by atoms with Crippen molar-refractivity contribution in [1.82, 2.24) is 5.32 Å². The summed E-state index contributed by atoms with van der Waals surface area (Å²) in [6.07, 6.45) is 0.446. The van der Waals surface area contributed by atoms with E-state index in [2.05, 4.69) is 5.32 Å². The lowest BCUT2D eigenvalue weighted by Gasteiger charge is -2.36. The Kier molecular flexibility index (Phi) is 4.27. The molecule has 1 amide bonds. The van der Waals surface area contributed by atoms with Crippen LogP contribution in [-0.2, 0) is 14.6 Å². The van der Waals surface area contributed by atoms with Gasteiger partial charge in [-0.1, -0.05) is 0 Å². The van der Waals surface area contributed by atoms with Gasteiger partial charge in [0, 0.05) is 6.54 Å². The van der Waals surface area contributed by atoms with Gasteiger partial charge >= 0.3 is 6.09 Å². The molecule has 106 valence electrons. The Balaban J connectivity index is 2.75. The van der Waals surface area contributed by atoms with Crippen molar-refractivity contribution in [2.75, 3.05) is 18.1 Å². The predicted molar refractivity (Wildman–Crippen MR) is 69.0 cm³/mol. The third-order valence-electron chi connectivity index (χ3n) is 2.76. The fraction of sp³-hybridized carbons (Fsp3) is 0.909. The van der Waals surface area contributed by atoms with Crippen LogP contribution in [0.4, 0.5) is 4.79 Å². The van der Waals surface area contributed by atoms with E-state index in [1.807, 2.05) is 0 Å². The zero-order valence-corrected chi connectivity index (χ0v) is 12.0. The van der Waals surface area contributed by atoms with Crippen molar-refractivity contribution in [3.63, 3.8) is 0 Å². The van der Waals surface area contributed by atoms with Crippen LogP contribution in [0.25, 0.3) is 0 Å². The molecule has 0 bridgehead atoms. The lowest BCUT2D eigenvalue weighted by molar-refractivity contribution is 0.0462. The third-order valence-corrected chi connectivity index (χ3v) is 4.67. The summed E-state index contributed by atoms with van der Waals surface area (Å²) in [4.78, 5) is 11.7. The van der Waals surface area contributed by atoms with E-state index >= 15 is 0 Å². The maximum Gasteiger partial charge on any atom is 0.408 e. The topological polar surface area (TPSA) is 98.5 Å². The predicted octanol–water partition coefficient (Wildman–Crippen LogP) is 0.417. The van der Waals surface area contributed by atoms with Crippen LogP contribution in [0, 0.1) is 0 Å². The third kappa shape index (κ3) is 4.45. The molecule has 1 atom stereocenters. The SMILES string of the molecule is CC(C)(C)OC(=O)NC1(CN)CCCS(=O)(=O)C1. The number of sulfone groups is 1. The Morgan fingerprint density at radius 1 is 1.44 bits per heavy atom. The number of carbonyl (C=O) groups excluding carboxylic acids is 1. The number of nitrogens with one attached hydrogen (secondary N) is 1. The van der Waals surface area contributed by atoms with Crippen molar-refractivity contribution >= 4 is 15.9 Å². The van der Waals surface area contributed by atoms with Gasteiger partial charge in [0.2, 0.25) is 0 Å². The van der Waals surface area contributed by atoms with Crippen molar-refractivity contribution in [2.45, 2.75) is 44.8 Å². The summed E-state index contributed by atoms with van der Waals surface area (Å²) in [7, 11) is -3.14. The van der Waals surface area contributed by atoms with Crippen LogP contribution in [0.5, 0.6) is 0 Å². The van der Waals surface area contributed by atoms with E-state index in [0.717, 1.165) is 0 Å². The molecule has 1 fully saturated rings. The fourth-order valence-electron chi connectivity index (χ4n) is 2.03. The lowest BCUT2D eigenvalue weighted by atomic mass is 9.96. The number of amides is 1. The summed E-state index contributed by atoms with van der Waals surface area (Å²) in [5, 5.41) is 2.63. The number of hydrogen-bond donors (Lipinski definition) is 2. The monoisotopic (exact) mass is 278 g/mol. The molecule has 0 aromatic carbocycles. The molecule has 7 heteroatoms. The van der Waals surface area contributed by atoms with Crippen LogP contribution < -0.4 is 11.1 Å². The minimum absolute atomic E-state index is 0.0888. The maximum atomic E-state index is 11.7. The van der Waals surface area contributed by atoms with Crippen molar-refractivity contribution in [3.8, 4) is 0 Å². The molecule has 0 saturated carbocycles. The van der Waals surface area contributed by atoms with Gasteiger partial charge in [0.05, 0.1) is 17.0 Å². The van der Waals surface area contributed by atoms with Gasteiger partial charge in [0.15, 0.2) is 9.84 Å². The Morgan fingerprint density at radius 3 is 2.50 bits per heavy atom. The molecule has 1 aliphatic rings. The highest BCUT2D eigenvalue weighted by Gasteiger charge is 2.40. The first-order valence-corrected chi connectivity index (χ1v) is 7.81. The largest absolute Gasteiger partial charge is 0.444 e. The van der Waals surface area contributed by atoms with E-state index in [1.54, 1.807) is 20.8 Å². The van der Waals surface area contributed by atoms with Gasteiger partial charge in [0.25, 0.3) is 0 Å². The maximum absolute atomic E-state index is 11.7. The Hall–Kier alpha value is -0.820. The normalized spacial score (nSPS) is 27.6. The molecule has 1 unspecified atom stereocenters. The second kappa shape index (κ2) is 5.05. The molecular weight excluding hydrogens is 256 g/mol. The molecular formula is C11H22N2O4S. The molecule has 0 radical (unpaired) electrons. The number of alkyl carbamates (subject to hydrolysis) is 1. The summed E-state index contributed by atoms with van der Waals surface area (Å²) >= 11 is 0. The van der Waals surface area contributed by atoms with Crippen molar-refractivity contribution in [1.29, 1.82) is 0 Å². The molecule has 18 heavy (non-hydrogen) atoms. The molecule has 0 spiro atoms. The zero-order chi connectivity index (χ0) is 14.0. The second-order valence-corrected chi connectivity index (χ2v) is 7.99. The quantitative estimate of drug-likeness (QED) is 0.762. The van der Waals surface area contributed by atoms with Crippen LogP contribution in [0.2, 0.25) is 0 Å². The Morgan fingerprint density at radius 2 is 2.06 bits per heavy atom. The molecule has 0 aliphatic carbocycles. The average molecular weight is 278 g/mol. The first-order valence-electron chi connectivity index (χ1n) is 5.99. The molecule has 1 heterocycles. The van der Waals surface area contributed by atoms with E-state index in [0.29, 0.717) is 12.8 Å². The number of hydrogen-bond acceptors (Lipinski definition) is 5. The van der Waals surface area contributed by atoms with E-state index in [9.17, 15) is 13.2 Å². The summed E-state index contributed by atoms with van der Waals surface area (Å²) in [5.41, 5.74) is 4.13. The molecule has 1 saturated heterocycles. The highest BCUT2D eigenvalue weighted by molar-refractivity contribution is 7.91. The van der Waals surface area contributed by atoms with Crippen molar-refractivity contribution < 1.29 is 17.9 Å². The molecule has 1 rings (SSSR count). The van der Waals surface area contributed by atoms with Crippen molar-refractivity contribution in [2.24, 2.45) is 5.73 Å². The van der Waals surface area contributed by atoms with Gasteiger partial charge in [-0.25, -0.2) is 13.2 Å². The standard InChI is InChI=1S/C11H22N2O4S/c1-10(2,3)17-9(14)13-11(7-12)5-4-6-18(15,16)8-11/h4-8,12H2,1-3H3,(H,13,14). The van der Waals surface area contributed by atoms with Crippen molar-refractivity contribution in [3.05, 3.63) is 0 Å². The Labute approximate surface area is 108 Å². The highest BCUT2D eigenvalue weighted by atomic mass is 32.2. The molecule has 1 aliphatic heterocycles. The van der Waals surface area contributed by atoms with Gasteiger partial charge < -0.3 is 15.8 Å². The minimum atomic E-state index is -3.14. The number of nitrogens with two attached hydrogens (primary N) is 1. The van der Waals surface area contributed by atoms with Gasteiger partial charge in [0.1, 0.15) is 5.60 Å². The number of rotatable bonds is 2. The van der Waals surface area contributed by atoms with Crippen LogP contribution >= 0.6 is 0 Å². The summed E-state index contributed by atoms with van der Waals surface area (Å²) in [5.74, 6) is 0.0422. The summed E-state index contributed by atoms with van der Waals surface area (Å²) < 4.78 is 28.4. The second-order valence-electron chi connectivity index (χ2n) is 5.81. The summed E-state index contributed by atoms with van der Waals surface area (Å²) in [6.45, 7) is 5.34. The summed E-state index contributed by atoms with van der Waals surface area (Å²) in [6, 6.07) is 0. The van der Waals surface area contributed by atoms with Gasteiger partial charge in [-0.15, -0.1) is 0 Å². The fourth-order valence-corrected chi connectivity index (χ4v) is 3.93. The van der Waals surface area contributed by atoms with E-state index in [4.69, 9.17) is 10.5 Å². The number of ether oxygens (including phenoxy) is 1. The molecule has 6 nitrogen and oxygen atoms in total. The van der Waals surface area contributed by atoms with Crippen LogP contribution in [-0.4, -0.2) is 43.7 Å². The Bertz CT molecular complexity index is 413. The zero-order valence-electron chi connectivity index (χ0n) is 11.2. The smallest absolute Gasteiger partial charge is 0.408 e. The van der Waals surface area contributed by atoms with Crippen LogP contribution in [0.1, 0.15) is 33.6 Å². The van der Waals surface area contributed by atoms with Gasteiger partial charge in [-0.05, 0) is 33.6 Å². The van der Waals surface area contributed by atoms with Gasteiger partial charge in [-0.3, -0.25) is 0 Å². The van der Waals surface area contributed by atoms with E-state index < -0.39 is 27.1 Å². The highest BCUT2D eigenvalue weighted by Crippen LogP contribution is 2.22. The molecule has 3 N–H and O–H groups in total. The van der Waals surface area contributed by atoms with E-state index in [1.165, 1.54) is 0 Å². The molecule has 0 aromatic rings. The van der Waals surface area contributed by atoms with Crippen LogP contribution in [0.15, 0.2) is 0 Å². The number of carbonyl (C=O) groups is 1. The molecule has 0 aromatic heterocycles. The first-order chi connectivity index (χ1) is 8.08. The van der Waals surface area contributed by atoms with Crippen LogP contribution in [0.3, 0.4) is 0 Å².